The first-order chi connectivity index (χ1) is 36.0. The SMILES string of the molecule is CN1Cc2c(Cl)cc(Cl)cc2C(c2cccc(S(=O)(=O)CCCOCCOCCOCCN=[N+]=[N-])c2)C1.CN1Cc2c(Cl)cc(Cl)cc2C(c2cccc(S(=O)(=O)Cl)c2)C1.[N-]=[N+]=NCCOCCOCCOCCN. The Kier molecular flexibility index (Phi) is 29.4. The largest absolute Gasteiger partial charge is 0.379 e. The highest BCUT2D eigenvalue weighted by Crippen LogP contribution is 2.40. The first kappa shape index (κ1) is 64.0. The van der Waals surface area contributed by atoms with Gasteiger partial charge in [-0.25, -0.2) is 16.8 Å². The van der Waals surface area contributed by atoms with Crippen molar-refractivity contribution < 1.29 is 45.3 Å². The van der Waals surface area contributed by atoms with Gasteiger partial charge in [0.15, 0.2) is 9.84 Å². The molecule has 2 aliphatic heterocycles. The Bertz CT molecular complexity index is 2740. The highest BCUT2D eigenvalue weighted by Gasteiger charge is 2.29. The summed E-state index contributed by atoms with van der Waals surface area (Å²) in [4.78, 5) is 9.96. The van der Waals surface area contributed by atoms with Crippen LogP contribution in [-0.2, 0) is 60.4 Å². The van der Waals surface area contributed by atoms with Crippen LogP contribution in [0.25, 0.3) is 20.9 Å². The molecule has 19 nitrogen and oxygen atoms in total. The van der Waals surface area contributed by atoms with Crippen molar-refractivity contribution in [1.29, 1.82) is 0 Å². The third-order valence-corrected chi connectivity index (χ3v) is 15.7. The molecule has 0 aliphatic carbocycles. The molecule has 0 saturated carbocycles. The minimum Gasteiger partial charge on any atom is -0.379 e. The van der Waals surface area contributed by atoms with E-state index in [4.69, 9.17) is 102 Å². The molecule has 412 valence electrons. The standard InChI is InChI=1S/C25H32Cl2N4O5S.C16H14Cl3NO2S.C8H18N4O3/c1-31-17-23(22-15-20(26)16-25(27)24(22)18-31)19-4-2-5-21(14-19)37(32,33)13-3-7-34-9-11-36-12-10-35-8-6-29-30-28;1-20-8-14(10-3-2-4-12(5-10)23(19,21)22)13-6-11(17)7-16(18)15(13)9-20;9-1-3-13-5-7-15-8-6-14-4-2-11-12-10/h2,4-5,14-16,23H,3,6-13,17-18H2,1H3;2-7,14H,8-9H2,1H3;1-9H2. The zero-order valence-corrected chi connectivity index (χ0v) is 47.3. The van der Waals surface area contributed by atoms with E-state index in [1.54, 1.807) is 42.5 Å². The summed E-state index contributed by atoms with van der Waals surface area (Å²) in [7, 11) is 2.26. The molecule has 75 heavy (non-hydrogen) atoms. The summed E-state index contributed by atoms with van der Waals surface area (Å²) in [5.41, 5.74) is 27.3. The number of halogens is 5. The van der Waals surface area contributed by atoms with Crippen molar-refractivity contribution >= 4 is 76.0 Å². The van der Waals surface area contributed by atoms with Crippen molar-refractivity contribution in [2.45, 2.75) is 41.1 Å². The van der Waals surface area contributed by atoms with Gasteiger partial charge in [-0.1, -0.05) is 80.9 Å². The molecule has 2 unspecified atom stereocenters. The Labute approximate surface area is 464 Å². The van der Waals surface area contributed by atoms with Crippen LogP contribution in [0.1, 0.15) is 51.6 Å². The molecule has 0 spiro atoms. The summed E-state index contributed by atoms with van der Waals surface area (Å²) < 4.78 is 80.7. The zero-order valence-electron chi connectivity index (χ0n) is 41.9. The van der Waals surface area contributed by atoms with Gasteiger partial charge in [-0.15, -0.1) is 0 Å². The van der Waals surface area contributed by atoms with Gasteiger partial charge in [0.2, 0.25) is 0 Å². The Morgan fingerprint density at radius 2 is 0.987 bits per heavy atom. The molecule has 4 aromatic rings. The van der Waals surface area contributed by atoms with Crippen LogP contribution in [0.4, 0.5) is 0 Å². The topological polar surface area (TPSA) is 254 Å². The summed E-state index contributed by atoms with van der Waals surface area (Å²) in [5, 5.41) is 9.09. The number of likely N-dealkylation sites (N-methyl/N-ethyl adjacent to an activating group) is 2. The van der Waals surface area contributed by atoms with Gasteiger partial charge < -0.3 is 44.0 Å². The lowest BCUT2D eigenvalue weighted by atomic mass is 9.85. The van der Waals surface area contributed by atoms with E-state index in [9.17, 15) is 16.8 Å². The number of fused-ring (bicyclic) bond motifs is 2. The number of sulfone groups is 1. The molecule has 0 fully saturated rings. The third kappa shape index (κ3) is 22.8. The molecule has 2 N–H and O–H groups in total. The lowest BCUT2D eigenvalue weighted by Gasteiger charge is -2.33. The molecule has 0 radical (unpaired) electrons. The van der Waals surface area contributed by atoms with Gasteiger partial charge in [-0.05, 0) is 113 Å². The van der Waals surface area contributed by atoms with Crippen molar-refractivity contribution in [3.05, 3.63) is 147 Å². The Morgan fingerprint density at radius 3 is 1.41 bits per heavy atom. The van der Waals surface area contributed by atoms with Crippen LogP contribution < -0.4 is 5.73 Å². The van der Waals surface area contributed by atoms with E-state index in [2.05, 4.69) is 29.9 Å². The van der Waals surface area contributed by atoms with E-state index < -0.39 is 18.9 Å². The van der Waals surface area contributed by atoms with Gasteiger partial charge in [0.05, 0.1) is 88.2 Å². The fourth-order valence-electron chi connectivity index (χ4n) is 8.01. The molecule has 0 aromatic heterocycles. The van der Waals surface area contributed by atoms with Crippen LogP contribution in [0, 0.1) is 0 Å². The van der Waals surface area contributed by atoms with E-state index in [1.165, 1.54) is 6.07 Å². The van der Waals surface area contributed by atoms with Crippen molar-refractivity contribution in [2.24, 2.45) is 16.0 Å². The number of nitrogens with zero attached hydrogens (tertiary/aromatic N) is 8. The van der Waals surface area contributed by atoms with Crippen LogP contribution in [-0.4, -0.2) is 158 Å². The lowest BCUT2D eigenvalue weighted by molar-refractivity contribution is 0.0162. The average Bonchev–Trinajstić information content (AvgIpc) is 3.37. The summed E-state index contributed by atoms with van der Waals surface area (Å²) in [6, 6.07) is 21.2. The second kappa shape index (κ2) is 34.4. The van der Waals surface area contributed by atoms with E-state index >= 15 is 0 Å². The Hall–Kier alpha value is -3.51. The van der Waals surface area contributed by atoms with Crippen LogP contribution >= 0.6 is 57.1 Å². The molecule has 0 saturated heterocycles. The van der Waals surface area contributed by atoms with Crippen molar-refractivity contribution in [2.75, 3.05) is 132 Å². The predicted octanol–water partition coefficient (Wildman–Crippen LogP) is 9.90. The van der Waals surface area contributed by atoms with Gasteiger partial charge >= 0.3 is 0 Å². The number of hydrogen-bond donors (Lipinski definition) is 1. The summed E-state index contributed by atoms with van der Waals surface area (Å²) >= 11 is 25.3. The minimum absolute atomic E-state index is 0.00482. The second-order valence-corrected chi connectivity index (χ2v) is 23.4. The zero-order chi connectivity index (χ0) is 54.6. The predicted molar refractivity (Wildman–Crippen MR) is 294 cm³/mol. The molecule has 2 atom stereocenters. The van der Waals surface area contributed by atoms with E-state index in [0.29, 0.717) is 130 Å². The van der Waals surface area contributed by atoms with Crippen molar-refractivity contribution in [3.63, 3.8) is 0 Å². The quantitative estimate of drug-likeness (QED) is 0.0183. The van der Waals surface area contributed by atoms with Crippen molar-refractivity contribution in [3.8, 4) is 0 Å². The van der Waals surface area contributed by atoms with E-state index in [-0.39, 0.29) is 22.5 Å². The number of azide groups is 2. The molecule has 0 bridgehead atoms. The normalized spacial score (nSPS) is 15.5. The molecule has 4 aromatic carbocycles. The molecule has 26 heteroatoms. The van der Waals surface area contributed by atoms with Gasteiger partial charge in [0.1, 0.15) is 0 Å². The fourth-order valence-corrected chi connectivity index (χ4v) is 11.3. The highest BCUT2D eigenvalue weighted by molar-refractivity contribution is 8.13. The molecule has 2 heterocycles. The number of benzene rings is 4. The Morgan fingerprint density at radius 1 is 0.587 bits per heavy atom. The summed E-state index contributed by atoms with van der Waals surface area (Å²) in [6.07, 6.45) is 0.384. The highest BCUT2D eigenvalue weighted by atomic mass is 35.7. The van der Waals surface area contributed by atoms with Gasteiger partial charge in [-0.3, -0.25) is 0 Å². The summed E-state index contributed by atoms with van der Waals surface area (Å²) in [6.45, 7) is 9.46. The van der Waals surface area contributed by atoms with Crippen LogP contribution in [0.3, 0.4) is 0 Å². The maximum absolute atomic E-state index is 13.0. The van der Waals surface area contributed by atoms with Crippen LogP contribution in [0.15, 0.2) is 92.8 Å². The first-order valence-corrected chi connectivity index (χ1v) is 29.3. The van der Waals surface area contributed by atoms with Gasteiger partial charge in [0.25, 0.3) is 9.05 Å². The number of nitrogens with two attached hydrogens (primary N) is 1. The average molecular weight is 1180 g/mol. The number of hydrogen-bond acceptors (Lipinski definition) is 15. The molecule has 2 aliphatic rings. The first-order valence-electron chi connectivity index (χ1n) is 23.9. The van der Waals surface area contributed by atoms with Crippen LogP contribution in [0.5, 0.6) is 0 Å². The molecular formula is C49H64Cl5N9O10S2. The maximum atomic E-state index is 13.0. The lowest BCUT2D eigenvalue weighted by Crippen LogP contribution is -2.31. The molecule has 0 amide bonds. The molecular weight excluding hydrogens is 1120 g/mol. The van der Waals surface area contributed by atoms with E-state index in [0.717, 1.165) is 59.6 Å². The Balaban J connectivity index is 0.000000272. The number of ether oxygens (including phenoxy) is 6. The van der Waals surface area contributed by atoms with Gasteiger partial charge in [-0.2, -0.15) is 0 Å². The van der Waals surface area contributed by atoms with Crippen molar-refractivity contribution in [1.82, 2.24) is 9.80 Å². The van der Waals surface area contributed by atoms with Crippen LogP contribution in [0.2, 0.25) is 20.1 Å². The fraction of sp³-hybridized carbons (Fsp3) is 0.510. The smallest absolute Gasteiger partial charge is 0.261 e. The third-order valence-electron chi connectivity index (χ3n) is 11.4. The second-order valence-electron chi connectivity index (χ2n) is 17.0. The monoisotopic (exact) mass is 1180 g/mol. The minimum atomic E-state index is -3.76. The maximum Gasteiger partial charge on any atom is 0.261 e. The van der Waals surface area contributed by atoms with Gasteiger partial charge in [0, 0.05) is 105 Å². The number of rotatable bonds is 28. The molecule has 6 rings (SSSR count). The summed E-state index contributed by atoms with van der Waals surface area (Å²) in [5.74, 6) is -0.0481. The van der Waals surface area contributed by atoms with E-state index in [1.807, 2.05) is 38.4 Å².